The molecule has 0 unspecified atom stereocenters. The van der Waals surface area contributed by atoms with Crippen molar-refractivity contribution in [2.75, 3.05) is 0 Å². The first-order valence-electron chi connectivity index (χ1n) is 6.38. The Morgan fingerprint density at radius 2 is 2.05 bits per heavy atom. The van der Waals surface area contributed by atoms with Crippen LogP contribution in [0.5, 0.6) is 0 Å². The summed E-state index contributed by atoms with van der Waals surface area (Å²) >= 11 is 1.72. The highest BCUT2D eigenvalue weighted by atomic mass is 35.5. The third kappa shape index (κ3) is 3.20. The van der Waals surface area contributed by atoms with E-state index in [-0.39, 0.29) is 18.3 Å². The second-order valence-electron chi connectivity index (χ2n) is 4.78. The molecule has 0 saturated heterocycles. The number of fused-ring (bicyclic) bond motifs is 1. The average molecular weight is 309 g/mol. The SMILES string of the molecule is Cc1ccc(CNC(=O)c2ccc3c(c2)CNC3)s1.Cl. The van der Waals surface area contributed by atoms with Crippen molar-refractivity contribution in [3.63, 3.8) is 0 Å². The summed E-state index contributed by atoms with van der Waals surface area (Å²) in [5.41, 5.74) is 3.28. The maximum atomic E-state index is 12.1. The van der Waals surface area contributed by atoms with Gasteiger partial charge in [0.2, 0.25) is 0 Å². The van der Waals surface area contributed by atoms with Gasteiger partial charge in [0.25, 0.3) is 5.91 Å². The molecule has 3 rings (SSSR count). The van der Waals surface area contributed by atoms with Crippen molar-refractivity contribution in [3.8, 4) is 0 Å². The van der Waals surface area contributed by atoms with Crippen LogP contribution in [0.15, 0.2) is 30.3 Å². The predicted octanol–water partition coefficient (Wildman–Crippen LogP) is 3.01. The normalized spacial score (nSPS) is 12.7. The molecular formula is C15H17ClN2OS. The average Bonchev–Trinajstić information content (AvgIpc) is 3.03. The Morgan fingerprint density at radius 1 is 1.25 bits per heavy atom. The molecule has 0 bridgehead atoms. The van der Waals surface area contributed by atoms with Gasteiger partial charge in [-0.1, -0.05) is 6.07 Å². The van der Waals surface area contributed by atoms with Crippen molar-refractivity contribution < 1.29 is 4.79 Å². The molecule has 3 nitrogen and oxygen atoms in total. The number of halogens is 1. The van der Waals surface area contributed by atoms with E-state index in [2.05, 4.69) is 29.7 Å². The van der Waals surface area contributed by atoms with E-state index >= 15 is 0 Å². The van der Waals surface area contributed by atoms with E-state index in [1.165, 1.54) is 20.9 Å². The second-order valence-corrected chi connectivity index (χ2v) is 6.15. The lowest BCUT2D eigenvalue weighted by Crippen LogP contribution is -2.22. The first-order chi connectivity index (χ1) is 9.22. The molecule has 106 valence electrons. The summed E-state index contributed by atoms with van der Waals surface area (Å²) < 4.78 is 0. The van der Waals surface area contributed by atoms with Crippen LogP contribution >= 0.6 is 23.7 Å². The number of amides is 1. The molecule has 0 spiro atoms. The number of aryl methyl sites for hydroxylation is 1. The third-order valence-electron chi connectivity index (χ3n) is 3.32. The Labute approximate surface area is 128 Å². The predicted molar refractivity (Wildman–Crippen MR) is 84.5 cm³/mol. The van der Waals surface area contributed by atoms with Crippen molar-refractivity contribution in [1.29, 1.82) is 0 Å². The molecule has 0 aliphatic carbocycles. The topological polar surface area (TPSA) is 41.1 Å². The van der Waals surface area contributed by atoms with E-state index in [4.69, 9.17) is 0 Å². The molecule has 1 aromatic carbocycles. The zero-order chi connectivity index (χ0) is 13.2. The molecule has 1 aromatic heterocycles. The monoisotopic (exact) mass is 308 g/mol. The number of hydrogen-bond acceptors (Lipinski definition) is 3. The molecule has 0 saturated carbocycles. The number of benzene rings is 1. The fourth-order valence-corrected chi connectivity index (χ4v) is 3.12. The van der Waals surface area contributed by atoms with Crippen LogP contribution in [0.3, 0.4) is 0 Å². The molecule has 2 heterocycles. The molecule has 1 aliphatic heterocycles. The molecule has 0 fully saturated rings. The Bertz CT molecular complexity index is 624. The van der Waals surface area contributed by atoms with Crippen LogP contribution in [0.4, 0.5) is 0 Å². The molecule has 2 aromatic rings. The fraction of sp³-hybridized carbons (Fsp3) is 0.267. The summed E-state index contributed by atoms with van der Waals surface area (Å²) in [5, 5.41) is 6.26. The summed E-state index contributed by atoms with van der Waals surface area (Å²) in [6.07, 6.45) is 0. The maximum Gasteiger partial charge on any atom is 0.251 e. The maximum absolute atomic E-state index is 12.1. The molecule has 5 heteroatoms. The Balaban J connectivity index is 0.00000147. The van der Waals surface area contributed by atoms with Crippen molar-refractivity contribution in [3.05, 3.63) is 56.8 Å². The Morgan fingerprint density at radius 3 is 2.80 bits per heavy atom. The van der Waals surface area contributed by atoms with Gasteiger partial charge in [-0.15, -0.1) is 23.7 Å². The zero-order valence-corrected chi connectivity index (χ0v) is 12.9. The van der Waals surface area contributed by atoms with Gasteiger partial charge in [-0.25, -0.2) is 0 Å². The smallest absolute Gasteiger partial charge is 0.251 e. The number of nitrogens with one attached hydrogen (secondary N) is 2. The number of carbonyl (C=O) groups excluding carboxylic acids is 1. The van der Waals surface area contributed by atoms with Crippen LogP contribution in [-0.2, 0) is 19.6 Å². The van der Waals surface area contributed by atoms with E-state index in [1.807, 2.05) is 18.2 Å². The molecule has 1 amide bonds. The first-order valence-corrected chi connectivity index (χ1v) is 7.20. The van der Waals surface area contributed by atoms with Gasteiger partial charge in [0.1, 0.15) is 0 Å². The Kier molecular flexibility index (Phi) is 4.81. The molecule has 20 heavy (non-hydrogen) atoms. The van der Waals surface area contributed by atoms with Gasteiger partial charge in [0, 0.05) is 28.4 Å². The minimum Gasteiger partial charge on any atom is -0.347 e. The summed E-state index contributed by atoms with van der Waals surface area (Å²) in [6, 6.07) is 10.1. The van der Waals surface area contributed by atoms with Crippen molar-refractivity contribution in [1.82, 2.24) is 10.6 Å². The van der Waals surface area contributed by atoms with E-state index < -0.39 is 0 Å². The largest absolute Gasteiger partial charge is 0.347 e. The van der Waals surface area contributed by atoms with Crippen molar-refractivity contribution in [2.24, 2.45) is 0 Å². The standard InChI is InChI=1S/C15H16N2OS.ClH/c1-10-2-5-14(19-10)9-17-15(18)11-3-4-12-7-16-8-13(12)6-11;/h2-6,16H,7-9H2,1H3,(H,17,18);1H. The minimum absolute atomic E-state index is 0. The van der Waals surface area contributed by atoms with Crippen LogP contribution in [0.1, 0.15) is 31.2 Å². The van der Waals surface area contributed by atoms with Crippen LogP contribution in [0, 0.1) is 6.92 Å². The van der Waals surface area contributed by atoms with Crippen LogP contribution in [0.25, 0.3) is 0 Å². The number of carbonyl (C=O) groups is 1. The second kappa shape index (κ2) is 6.39. The highest BCUT2D eigenvalue weighted by molar-refractivity contribution is 7.11. The van der Waals surface area contributed by atoms with Crippen molar-refractivity contribution >= 4 is 29.7 Å². The highest BCUT2D eigenvalue weighted by Crippen LogP contribution is 2.18. The third-order valence-corrected chi connectivity index (χ3v) is 4.32. The van der Waals surface area contributed by atoms with Gasteiger partial charge in [-0.2, -0.15) is 0 Å². The lowest BCUT2D eigenvalue weighted by molar-refractivity contribution is 0.0951. The van der Waals surface area contributed by atoms with E-state index in [9.17, 15) is 4.79 Å². The van der Waals surface area contributed by atoms with Crippen LogP contribution in [0.2, 0.25) is 0 Å². The summed E-state index contributed by atoms with van der Waals surface area (Å²) in [6.45, 7) is 4.45. The zero-order valence-electron chi connectivity index (χ0n) is 11.2. The molecular weight excluding hydrogens is 292 g/mol. The van der Waals surface area contributed by atoms with E-state index in [1.54, 1.807) is 11.3 Å². The van der Waals surface area contributed by atoms with Crippen LogP contribution in [-0.4, -0.2) is 5.91 Å². The van der Waals surface area contributed by atoms with Gasteiger partial charge >= 0.3 is 0 Å². The highest BCUT2D eigenvalue weighted by Gasteiger charge is 2.13. The summed E-state index contributed by atoms with van der Waals surface area (Å²) in [5.74, 6) is 0.000697. The summed E-state index contributed by atoms with van der Waals surface area (Å²) in [4.78, 5) is 14.6. The minimum atomic E-state index is 0. The molecule has 1 aliphatic rings. The van der Waals surface area contributed by atoms with Crippen molar-refractivity contribution in [2.45, 2.75) is 26.6 Å². The van der Waals surface area contributed by atoms with Crippen LogP contribution < -0.4 is 10.6 Å². The quantitative estimate of drug-likeness (QED) is 0.915. The van der Waals surface area contributed by atoms with Gasteiger partial charge in [0.05, 0.1) is 6.54 Å². The summed E-state index contributed by atoms with van der Waals surface area (Å²) in [7, 11) is 0. The van der Waals surface area contributed by atoms with E-state index in [0.29, 0.717) is 6.54 Å². The van der Waals surface area contributed by atoms with Gasteiger partial charge in [-0.05, 0) is 42.3 Å². The van der Waals surface area contributed by atoms with Gasteiger partial charge in [0.15, 0.2) is 0 Å². The van der Waals surface area contributed by atoms with Gasteiger partial charge < -0.3 is 10.6 Å². The molecule has 0 atom stereocenters. The lowest BCUT2D eigenvalue weighted by Gasteiger charge is -2.05. The fourth-order valence-electron chi connectivity index (χ4n) is 2.29. The van der Waals surface area contributed by atoms with Gasteiger partial charge in [-0.3, -0.25) is 4.79 Å². The Hall–Kier alpha value is -1.36. The number of rotatable bonds is 3. The number of thiophene rings is 1. The number of hydrogen-bond donors (Lipinski definition) is 2. The molecule has 0 radical (unpaired) electrons. The van der Waals surface area contributed by atoms with E-state index in [0.717, 1.165) is 18.7 Å². The first kappa shape index (κ1) is 15.0. The lowest BCUT2D eigenvalue weighted by atomic mass is 10.1. The molecule has 2 N–H and O–H groups in total.